The average molecular weight is 489 g/mol. The first-order valence-corrected chi connectivity index (χ1v) is 11.8. The average Bonchev–Trinajstić information content (AvgIpc) is 3.12. The van der Waals surface area contributed by atoms with Crippen LogP contribution in [0.5, 0.6) is 5.75 Å². The van der Waals surface area contributed by atoms with Crippen LogP contribution in [-0.2, 0) is 14.3 Å². The molecule has 0 aliphatic carbocycles. The highest BCUT2D eigenvalue weighted by Gasteiger charge is 2.33. The van der Waals surface area contributed by atoms with Gasteiger partial charge in [-0.1, -0.05) is 66.0 Å². The molecule has 2 aromatic carbocycles. The van der Waals surface area contributed by atoms with E-state index in [9.17, 15) is 14.4 Å². The lowest BCUT2D eigenvalue weighted by molar-refractivity contribution is -0.138. The first-order valence-electron chi connectivity index (χ1n) is 10.9. The van der Waals surface area contributed by atoms with Crippen LogP contribution in [0.4, 0.5) is 0 Å². The standard InChI is InChI=1S/C27H24N2O5S/c1-5-14-33-26(32)23-17(3)28-27-29(24(23)20-10-12-21(13-11-20)34-18(4)30)25(31)22(35-27)15-19-8-6-16(2)7-9-19/h5-13,15,24H,1,14H2,2-4H3/b22-15-/t24-/m1/s1. The van der Waals surface area contributed by atoms with Crippen molar-refractivity contribution in [3.8, 4) is 5.75 Å². The second kappa shape index (κ2) is 10.1. The van der Waals surface area contributed by atoms with Crippen LogP contribution in [0, 0.1) is 6.92 Å². The Hall–Kier alpha value is -4.04. The van der Waals surface area contributed by atoms with Gasteiger partial charge in [-0.15, -0.1) is 0 Å². The molecule has 1 aliphatic heterocycles. The van der Waals surface area contributed by atoms with Crippen molar-refractivity contribution in [1.82, 2.24) is 4.57 Å². The number of aryl methyl sites for hydroxylation is 1. The van der Waals surface area contributed by atoms with Crippen LogP contribution in [-0.4, -0.2) is 23.1 Å². The summed E-state index contributed by atoms with van der Waals surface area (Å²) in [6.07, 6.45) is 3.30. The quantitative estimate of drug-likeness (QED) is 0.302. The highest BCUT2D eigenvalue weighted by atomic mass is 32.1. The zero-order valence-corrected chi connectivity index (χ0v) is 20.4. The van der Waals surface area contributed by atoms with E-state index >= 15 is 0 Å². The van der Waals surface area contributed by atoms with E-state index < -0.39 is 18.0 Å². The highest BCUT2D eigenvalue weighted by molar-refractivity contribution is 7.07. The Bertz CT molecular complexity index is 1510. The number of hydrogen-bond donors (Lipinski definition) is 0. The molecular weight excluding hydrogens is 464 g/mol. The number of nitrogens with zero attached hydrogens (tertiary/aromatic N) is 2. The Balaban J connectivity index is 1.88. The molecule has 4 rings (SSSR count). The van der Waals surface area contributed by atoms with Crippen molar-refractivity contribution in [2.75, 3.05) is 6.61 Å². The van der Waals surface area contributed by atoms with Gasteiger partial charge in [0.15, 0.2) is 4.80 Å². The van der Waals surface area contributed by atoms with Gasteiger partial charge in [-0.3, -0.25) is 14.2 Å². The molecule has 0 radical (unpaired) electrons. The summed E-state index contributed by atoms with van der Waals surface area (Å²) < 4.78 is 12.5. The molecule has 1 aliphatic rings. The van der Waals surface area contributed by atoms with Crippen LogP contribution in [0.1, 0.15) is 36.6 Å². The van der Waals surface area contributed by atoms with Gasteiger partial charge in [-0.05, 0) is 43.2 Å². The normalized spacial score (nSPS) is 15.3. The number of benzene rings is 2. The van der Waals surface area contributed by atoms with E-state index in [1.807, 2.05) is 37.3 Å². The minimum absolute atomic E-state index is 0.0333. The van der Waals surface area contributed by atoms with Gasteiger partial charge in [-0.2, -0.15) is 0 Å². The Labute approximate surface area is 206 Å². The molecule has 8 heteroatoms. The topological polar surface area (TPSA) is 87.0 Å². The molecule has 1 aromatic heterocycles. The maximum absolute atomic E-state index is 13.6. The third-order valence-electron chi connectivity index (χ3n) is 5.41. The summed E-state index contributed by atoms with van der Waals surface area (Å²) in [6.45, 7) is 8.67. The van der Waals surface area contributed by atoms with Crippen LogP contribution in [0.25, 0.3) is 6.08 Å². The van der Waals surface area contributed by atoms with Crippen LogP contribution in [0.3, 0.4) is 0 Å². The van der Waals surface area contributed by atoms with E-state index in [0.29, 0.717) is 26.3 Å². The third kappa shape index (κ3) is 5.07. The Morgan fingerprint density at radius 2 is 1.80 bits per heavy atom. The van der Waals surface area contributed by atoms with Gasteiger partial charge in [0.25, 0.3) is 5.56 Å². The number of fused-ring (bicyclic) bond motifs is 1. The lowest BCUT2D eigenvalue weighted by atomic mass is 9.96. The van der Waals surface area contributed by atoms with Crippen molar-refractivity contribution < 1.29 is 19.1 Å². The molecule has 0 saturated carbocycles. The SMILES string of the molecule is C=CCOC(=O)C1=C(C)N=c2s/c(=C\c3ccc(C)cc3)c(=O)n2[C@@H]1c1ccc(OC(C)=O)cc1. The van der Waals surface area contributed by atoms with Gasteiger partial charge < -0.3 is 9.47 Å². The zero-order valence-electron chi connectivity index (χ0n) is 19.6. The summed E-state index contributed by atoms with van der Waals surface area (Å²) in [7, 11) is 0. The molecule has 3 aromatic rings. The number of thiazole rings is 1. The minimum atomic E-state index is -0.755. The molecule has 0 bridgehead atoms. The van der Waals surface area contributed by atoms with Gasteiger partial charge in [-0.25, -0.2) is 9.79 Å². The lowest BCUT2D eigenvalue weighted by Crippen LogP contribution is -2.39. The smallest absolute Gasteiger partial charge is 0.338 e. The van der Waals surface area contributed by atoms with E-state index in [4.69, 9.17) is 9.47 Å². The van der Waals surface area contributed by atoms with Crippen molar-refractivity contribution in [3.05, 3.63) is 109 Å². The molecule has 178 valence electrons. The Morgan fingerprint density at radius 3 is 2.43 bits per heavy atom. The molecular formula is C27H24N2O5S. The number of rotatable bonds is 6. The maximum atomic E-state index is 13.6. The molecule has 0 amide bonds. The number of esters is 2. The van der Waals surface area contributed by atoms with E-state index in [-0.39, 0.29) is 17.7 Å². The molecule has 35 heavy (non-hydrogen) atoms. The fraction of sp³-hybridized carbons (Fsp3) is 0.185. The van der Waals surface area contributed by atoms with Gasteiger partial charge in [0, 0.05) is 6.92 Å². The highest BCUT2D eigenvalue weighted by Crippen LogP contribution is 2.31. The minimum Gasteiger partial charge on any atom is -0.458 e. The van der Waals surface area contributed by atoms with Gasteiger partial charge in [0.05, 0.1) is 21.8 Å². The maximum Gasteiger partial charge on any atom is 0.338 e. The zero-order chi connectivity index (χ0) is 25.1. The predicted octanol–water partition coefficient (Wildman–Crippen LogP) is 3.20. The first-order chi connectivity index (χ1) is 16.8. The van der Waals surface area contributed by atoms with Crippen molar-refractivity contribution in [3.63, 3.8) is 0 Å². The first kappa shape index (κ1) is 24.1. The summed E-state index contributed by atoms with van der Waals surface area (Å²) >= 11 is 1.26. The Kier molecular flexibility index (Phi) is 6.93. The van der Waals surface area contributed by atoms with Crippen LogP contribution in [0.2, 0.25) is 0 Å². The van der Waals surface area contributed by atoms with Crippen LogP contribution >= 0.6 is 11.3 Å². The molecule has 0 unspecified atom stereocenters. The number of allylic oxidation sites excluding steroid dienone is 1. The molecule has 0 fully saturated rings. The molecule has 1 atom stereocenters. The fourth-order valence-corrected chi connectivity index (χ4v) is 4.86. The summed E-state index contributed by atoms with van der Waals surface area (Å²) in [6, 6.07) is 13.8. The molecule has 2 heterocycles. The largest absolute Gasteiger partial charge is 0.458 e. The van der Waals surface area contributed by atoms with E-state index in [1.54, 1.807) is 31.2 Å². The fourth-order valence-electron chi connectivity index (χ4n) is 3.81. The number of aromatic nitrogens is 1. The third-order valence-corrected chi connectivity index (χ3v) is 6.39. The van der Waals surface area contributed by atoms with Crippen molar-refractivity contribution >= 4 is 29.4 Å². The van der Waals surface area contributed by atoms with Crippen molar-refractivity contribution in [1.29, 1.82) is 0 Å². The number of carbonyl (C=O) groups excluding carboxylic acids is 2. The summed E-state index contributed by atoms with van der Waals surface area (Å²) in [4.78, 5) is 43.0. The second-order valence-electron chi connectivity index (χ2n) is 8.04. The summed E-state index contributed by atoms with van der Waals surface area (Å²) in [5, 5.41) is 0. The molecule has 0 N–H and O–H groups in total. The number of ether oxygens (including phenoxy) is 2. The van der Waals surface area contributed by atoms with E-state index in [2.05, 4.69) is 11.6 Å². The van der Waals surface area contributed by atoms with E-state index in [1.165, 1.54) is 28.9 Å². The second-order valence-corrected chi connectivity index (χ2v) is 9.05. The lowest BCUT2D eigenvalue weighted by Gasteiger charge is -2.24. The van der Waals surface area contributed by atoms with Crippen molar-refractivity contribution in [2.45, 2.75) is 26.8 Å². The Morgan fingerprint density at radius 1 is 1.11 bits per heavy atom. The summed E-state index contributed by atoms with van der Waals surface area (Å²) in [5.74, 6) is -0.649. The molecule has 0 saturated heterocycles. The van der Waals surface area contributed by atoms with Crippen molar-refractivity contribution in [2.24, 2.45) is 4.99 Å². The molecule has 0 spiro atoms. The summed E-state index contributed by atoms with van der Waals surface area (Å²) in [5.41, 5.74) is 3.15. The number of hydrogen-bond acceptors (Lipinski definition) is 7. The van der Waals surface area contributed by atoms with Gasteiger partial charge in [0.1, 0.15) is 12.4 Å². The number of carbonyl (C=O) groups is 2. The van der Waals surface area contributed by atoms with Gasteiger partial charge in [0.2, 0.25) is 0 Å². The predicted molar refractivity (Wildman–Crippen MR) is 134 cm³/mol. The molecule has 7 nitrogen and oxygen atoms in total. The van der Waals surface area contributed by atoms with E-state index in [0.717, 1.165) is 11.1 Å². The monoisotopic (exact) mass is 488 g/mol. The van der Waals surface area contributed by atoms with Crippen LogP contribution < -0.4 is 19.6 Å². The van der Waals surface area contributed by atoms with Gasteiger partial charge >= 0.3 is 11.9 Å². The van der Waals surface area contributed by atoms with Crippen LogP contribution in [0.15, 0.2) is 82.2 Å².